The molecule has 0 spiro atoms. The van der Waals surface area contributed by atoms with Crippen molar-refractivity contribution in [1.29, 1.82) is 0 Å². The Morgan fingerprint density at radius 1 is 0.362 bits per heavy atom. The van der Waals surface area contributed by atoms with Crippen LogP contribution in [0.3, 0.4) is 0 Å². The number of rotatable bonds is 4. The third-order valence-corrected chi connectivity index (χ3v) is 9.44. The molecule has 0 saturated heterocycles. The Morgan fingerprint density at radius 3 is 1.89 bits per heavy atom. The van der Waals surface area contributed by atoms with Gasteiger partial charge in [-0.2, -0.15) is 0 Å². The van der Waals surface area contributed by atoms with Crippen LogP contribution in [0, 0.1) is 0 Å². The molecule has 3 nitrogen and oxygen atoms in total. The van der Waals surface area contributed by atoms with Gasteiger partial charge in [-0.25, -0.2) is 0 Å². The predicted molar refractivity (Wildman–Crippen MR) is 196 cm³/mol. The maximum atomic E-state index is 6.74. The smallest absolute Gasteiger partial charge is 0.147 e. The molecule has 10 aromatic rings. The van der Waals surface area contributed by atoms with Gasteiger partial charge in [0.1, 0.15) is 22.3 Å². The fourth-order valence-electron chi connectivity index (χ4n) is 7.24. The minimum Gasteiger partial charge on any atom is -0.456 e. The lowest BCUT2D eigenvalue weighted by molar-refractivity contribution is 0.663. The molecule has 2 aromatic heterocycles. The molecule has 2 heterocycles. The van der Waals surface area contributed by atoms with Crippen LogP contribution in [-0.4, -0.2) is 0 Å². The summed E-state index contributed by atoms with van der Waals surface area (Å²) in [5, 5.41) is 9.27. The van der Waals surface area contributed by atoms with Crippen LogP contribution in [0.1, 0.15) is 0 Å². The molecule has 0 aliphatic heterocycles. The van der Waals surface area contributed by atoms with Crippen molar-refractivity contribution in [3.05, 3.63) is 164 Å². The Kier molecular flexibility index (Phi) is 5.57. The molecule has 10 rings (SSSR count). The zero-order valence-electron chi connectivity index (χ0n) is 25.4. The number of hydrogen-bond donors (Lipinski definition) is 0. The molecule has 0 bridgehead atoms. The SMILES string of the molecule is c1ccc(N(c2ccc(-c3cccc4c3oc3c4ccc4oc5ccccc5c43)cc2)c2ccc3ccc4ccccc4c3c2)cc1. The second-order valence-electron chi connectivity index (χ2n) is 12.1. The van der Waals surface area contributed by atoms with Crippen molar-refractivity contribution in [2.24, 2.45) is 0 Å². The summed E-state index contributed by atoms with van der Waals surface area (Å²) >= 11 is 0. The van der Waals surface area contributed by atoms with Crippen LogP contribution < -0.4 is 4.90 Å². The van der Waals surface area contributed by atoms with Crippen LogP contribution in [0.25, 0.3) is 76.5 Å². The van der Waals surface area contributed by atoms with Crippen LogP contribution in [-0.2, 0) is 0 Å². The lowest BCUT2D eigenvalue weighted by Gasteiger charge is -2.26. The molecule has 0 radical (unpaired) electrons. The summed E-state index contributed by atoms with van der Waals surface area (Å²) in [6.45, 7) is 0. The van der Waals surface area contributed by atoms with E-state index in [4.69, 9.17) is 8.83 Å². The quantitative estimate of drug-likeness (QED) is 0.188. The number of fused-ring (bicyclic) bond motifs is 10. The van der Waals surface area contributed by atoms with Crippen molar-refractivity contribution >= 4 is 82.5 Å². The molecule has 47 heavy (non-hydrogen) atoms. The molecule has 220 valence electrons. The van der Waals surface area contributed by atoms with Crippen molar-refractivity contribution in [3.63, 3.8) is 0 Å². The lowest BCUT2D eigenvalue weighted by atomic mass is 10.00. The first-order chi connectivity index (χ1) is 23.3. The Labute approximate surface area is 270 Å². The number of anilines is 3. The number of benzene rings is 8. The summed E-state index contributed by atoms with van der Waals surface area (Å²) in [6.07, 6.45) is 0. The fourth-order valence-corrected chi connectivity index (χ4v) is 7.24. The Bertz CT molecular complexity index is 2790. The highest BCUT2D eigenvalue weighted by Crippen LogP contribution is 2.43. The molecular weight excluding hydrogens is 574 g/mol. The zero-order chi connectivity index (χ0) is 30.9. The fraction of sp³-hybridized carbons (Fsp3) is 0. The maximum absolute atomic E-state index is 6.74. The maximum Gasteiger partial charge on any atom is 0.147 e. The highest BCUT2D eigenvalue weighted by atomic mass is 16.3. The highest BCUT2D eigenvalue weighted by molar-refractivity contribution is 6.23. The van der Waals surface area contributed by atoms with Gasteiger partial charge in [0, 0.05) is 38.8 Å². The Morgan fingerprint density at radius 2 is 1.02 bits per heavy atom. The van der Waals surface area contributed by atoms with E-state index in [1.807, 2.05) is 18.2 Å². The zero-order valence-corrected chi connectivity index (χ0v) is 25.4. The summed E-state index contributed by atoms with van der Waals surface area (Å²) < 4.78 is 12.9. The van der Waals surface area contributed by atoms with Crippen LogP contribution >= 0.6 is 0 Å². The predicted octanol–water partition coefficient (Wildman–Crippen LogP) is 12.9. The first kappa shape index (κ1) is 26.0. The molecule has 0 aliphatic rings. The Hall–Kier alpha value is -6.32. The van der Waals surface area contributed by atoms with Gasteiger partial charge in [-0.3, -0.25) is 0 Å². The van der Waals surface area contributed by atoms with Crippen molar-refractivity contribution < 1.29 is 8.83 Å². The van der Waals surface area contributed by atoms with Crippen LogP contribution in [0.5, 0.6) is 0 Å². The molecule has 0 aliphatic carbocycles. The molecule has 0 N–H and O–H groups in total. The summed E-state index contributed by atoms with van der Waals surface area (Å²) in [5.74, 6) is 0. The van der Waals surface area contributed by atoms with Gasteiger partial charge in [0.2, 0.25) is 0 Å². The largest absolute Gasteiger partial charge is 0.456 e. The van der Waals surface area contributed by atoms with E-state index in [1.54, 1.807) is 0 Å². The molecule has 0 unspecified atom stereocenters. The van der Waals surface area contributed by atoms with Gasteiger partial charge < -0.3 is 13.7 Å². The van der Waals surface area contributed by atoms with Gasteiger partial charge >= 0.3 is 0 Å². The van der Waals surface area contributed by atoms with Gasteiger partial charge in [0.15, 0.2) is 0 Å². The normalized spacial score (nSPS) is 11.8. The molecule has 0 fully saturated rings. The van der Waals surface area contributed by atoms with Crippen molar-refractivity contribution in [2.75, 3.05) is 4.90 Å². The second-order valence-corrected chi connectivity index (χ2v) is 12.1. The molecule has 3 heteroatoms. The van der Waals surface area contributed by atoms with Gasteiger partial charge in [-0.05, 0) is 81.7 Å². The van der Waals surface area contributed by atoms with Crippen LogP contribution in [0.2, 0.25) is 0 Å². The number of para-hydroxylation sites is 3. The molecule has 0 atom stereocenters. The average Bonchev–Trinajstić information content (AvgIpc) is 3.71. The third-order valence-electron chi connectivity index (χ3n) is 9.44. The van der Waals surface area contributed by atoms with Crippen LogP contribution in [0.15, 0.2) is 173 Å². The van der Waals surface area contributed by atoms with E-state index in [-0.39, 0.29) is 0 Å². The van der Waals surface area contributed by atoms with Gasteiger partial charge in [0.05, 0.1) is 5.39 Å². The molecule has 0 saturated carbocycles. The number of hydrogen-bond acceptors (Lipinski definition) is 3. The monoisotopic (exact) mass is 601 g/mol. The summed E-state index contributed by atoms with van der Waals surface area (Å²) in [7, 11) is 0. The lowest BCUT2D eigenvalue weighted by Crippen LogP contribution is -2.09. The van der Waals surface area contributed by atoms with Crippen molar-refractivity contribution in [2.45, 2.75) is 0 Å². The van der Waals surface area contributed by atoms with Crippen molar-refractivity contribution in [3.8, 4) is 11.1 Å². The standard InChI is InChI=1S/C44H27NO2/c1-2-10-31(11-3-1)45(33-24-21-30-18-17-28-9-4-5-12-34(28)39(30)27-33)32-22-19-29(20-23-32)35-14-8-15-36-37-25-26-41-42(44(37)47-43(35)36)38-13-6-7-16-40(38)46-41/h1-27H. The molecule has 8 aromatic carbocycles. The van der Waals surface area contributed by atoms with E-state index in [0.29, 0.717) is 0 Å². The first-order valence-electron chi connectivity index (χ1n) is 15.9. The van der Waals surface area contributed by atoms with E-state index in [0.717, 1.165) is 72.1 Å². The summed E-state index contributed by atoms with van der Waals surface area (Å²) in [5.41, 5.74) is 8.93. The third kappa shape index (κ3) is 4.00. The van der Waals surface area contributed by atoms with E-state index >= 15 is 0 Å². The highest BCUT2D eigenvalue weighted by Gasteiger charge is 2.19. The minimum atomic E-state index is 0.839. The summed E-state index contributed by atoms with van der Waals surface area (Å²) in [6, 6.07) is 57.9. The van der Waals surface area contributed by atoms with E-state index in [2.05, 4.69) is 150 Å². The van der Waals surface area contributed by atoms with E-state index in [1.165, 1.54) is 21.5 Å². The van der Waals surface area contributed by atoms with E-state index < -0.39 is 0 Å². The van der Waals surface area contributed by atoms with Crippen molar-refractivity contribution in [1.82, 2.24) is 0 Å². The first-order valence-corrected chi connectivity index (χ1v) is 15.9. The van der Waals surface area contributed by atoms with E-state index in [9.17, 15) is 0 Å². The van der Waals surface area contributed by atoms with Gasteiger partial charge in [-0.15, -0.1) is 0 Å². The van der Waals surface area contributed by atoms with Gasteiger partial charge in [-0.1, -0.05) is 109 Å². The minimum absolute atomic E-state index is 0.839. The number of furan rings is 2. The second kappa shape index (κ2) is 10.1. The van der Waals surface area contributed by atoms with Crippen LogP contribution in [0.4, 0.5) is 17.1 Å². The molecular formula is C44H27NO2. The molecule has 0 amide bonds. The average molecular weight is 602 g/mol. The number of nitrogens with zero attached hydrogens (tertiary/aromatic N) is 1. The summed E-state index contributed by atoms with van der Waals surface area (Å²) in [4.78, 5) is 2.33. The topological polar surface area (TPSA) is 29.5 Å². The van der Waals surface area contributed by atoms with Gasteiger partial charge in [0.25, 0.3) is 0 Å². The Balaban J connectivity index is 1.12.